The van der Waals surface area contributed by atoms with Crippen LogP contribution in [-0.2, 0) is 6.42 Å². The number of azide groups is 1. The first-order valence-electron chi connectivity index (χ1n) is 5.79. The predicted octanol–water partition coefficient (Wildman–Crippen LogP) is 2.58. The first-order valence-corrected chi connectivity index (χ1v) is 5.79. The normalized spacial score (nSPS) is 17.4. The molecule has 1 aromatic rings. The second kappa shape index (κ2) is 5.57. The predicted molar refractivity (Wildman–Crippen MR) is 66.1 cm³/mol. The van der Waals surface area contributed by atoms with E-state index in [0.29, 0.717) is 19.2 Å². The summed E-state index contributed by atoms with van der Waals surface area (Å²) < 4.78 is 5.52. The van der Waals surface area contributed by atoms with E-state index in [2.05, 4.69) is 27.5 Å². The van der Waals surface area contributed by atoms with Crippen LogP contribution in [0.15, 0.2) is 23.3 Å². The Hall–Kier alpha value is -1.71. The molecule has 0 aliphatic heterocycles. The molecule has 1 aromatic carbocycles. The fourth-order valence-corrected chi connectivity index (χ4v) is 2.23. The van der Waals surface area contributed by atoms with E-state index in [1.54, 1.807) is 0 Å². The Labute approximate surface area is 100 Å². The minimum Gasteiger partial charge on any atom is -0.493 e. The van der Waals surface area contributed by atoms with Crippen molar-refractivity contribution in [2.24, 2.45) is 5.11 Å². The van der Waals surface area contributed by atoms with E-state index in [0.717, 1.165) is 18.6 Å². The van der Waals surface area contributed by atoms with E-state index in [4.69, 9.17) is 10.3 Å². The third-order valence-electron chi connectivity index (χ3n) is 3.06. The van der Waals surface area contributed by atoms with E-state index < -0.39 is 0 Å². The van der Waals surface area contributed by atoms with E-state index >= 15 is 0 Å². The summed E-state index contributed by atoms with van der Waals surface area (Å²) in [5, 5.41) is 6.73. The van der Waals surface area contributed by atoms with Crippen molar-refractivity contribution in [1.82, 2.24) is 5.32 Å². The molecule has 2 rings (SSSR count). The SMILES string of the molecule is CNC1CCc2cc(OCCN=[N+]=[N-])ccc21. The lowest BCUT2D eigenvalue weighted by Gasteiger charge is -2.11. The Kier molecular flexibility index (Phi) is 3.85. The summed E-state index contributed by atoms with van der Waals surface area (Å²) in [5.41, 5.74) is 10.9. The molecule has 0 aromatic heterocycles. The Morgan fingerprint density at radius 1 is 1.59 bits per heavy atom. The van der Waals surface area contributed by atoms with Gasteiger partial charge in [-0.1, -0.05) is 11.2 Å². The maximum atomic E-state index is 8.14. The molecular formula is C12H16N4O. The zero-order chi connectivity index (χ0) is 12.1. The van der Waals surface area contributed by atoms with Crippen molar-refractivity contribution in [3.8, 4) is 5.75 Å². The Balaban J connectivity index is 2.00. The highest BCUT2D eigenvalue weighted by atomic mass is 16.5. The van der Waals surface area contributed by atoms with Gasteiger partial charge in [0.2, 0.25) is 0 Å². The van der Waals surface area contributed by atoms with Gasteiger partial charge in [-0.15, -0.1) is 0 Å². The van der Waals surface area contributed by atoms with Gasteiger partial charge >= 0.3 is 0 Å². The van der Waals surface area contributed by atoms with Gasteiger partial charge in [-0.05, 0) is 48.7 Å². The van der Waals surface area contributed by atoms with Crippen LogP contribution in [0.4, 0.5) is 0 Å². The molecule has 0 saturated heterocycles. The standard InChI is InChI=1S/C12H16N4O/c1-14-12-5-2-9-8-10(3-4-11(9)12)17-7-6-15-16-13/h3-4,8,12,14H,2,5-7H2,1H3. The molecule has 0 radical (unpaired) electrons. The smallest absolute Gasteiger partial charge is 0.119 e. The van der Waals surface area contributed by atoms with E-state index in [1.807, 2.05) is 13.1 Å². The largest absolute Gasteiger partial charge is 0.493 e. The third kappa shape index (κ3) is 2.70. The zero-order valence-electron chi connectivity index (χ0n) is 9.89. The lowest BCUT2D eigenvalue weighted by Crippen LogP contribution is -2.12. The van der Waals surface area contributed by atoms with E-state index in [1.165, 1.54) is 11.1 Å². The van der Waals surface area contributed by atoms with E-state index in [9.17, 15) is 0 Å². The lowest BCUT2D eigenvalue weighted by atomic mass is 10.1. The van der Waals surface area contributed by atoms with Crippen molar-refractivity contribution in [2.45, 2.75) is 18.9 Å². The van der Waals surface area contributed by atoms with Crippen LogP contribution >= 0.6 is 0 Å². The van der Waals surface area contributed by atoms with Gasteiger partial charge in [0.15, 0.2) is 0 Å². The molecule has 1 aliphatic rings. The Bertz CT molecular complexity index is 440. The lowest BCUT2D eigenvalue weighted by molar-refractivity contribution is 0.328. The van der Waals surface area contributed by atoms with Crippen LogP contribution in [0.5, 0.6) is 5.75 Å². The van der Waals surface area contributed by atoms with Gasteiger partial charge in [0, 0.05) is 11.0 Å². The molecule has 90 valence electrons. The van der Waals surface area contributed by atoms with Gasteiger partial charge in [0.25, 0.3) is 0 Å². The molecule has 0 spiro atoms. The van der Waals surface area contributed by atoms with Crippen LogP contribution in [-0.4, -0.2) is 20.2 Å². The van der Waals surface area contributed by atoms with Crippen molar-refractivity contribution in [2.75, 3.05) is 20.2 Å². The van der Waals surface area contributed by atoms with Gasteiger partial charge < -0.3 is 10.1 Å². The van der Waals surface area contributed by atoms with Gasteiger partial charge in [0.1, 0.15) is 5.75 Å². The quantitative estimate of drug-likeness (QED) is 0.367. The van der Waals surface area contributed by atoms with Gasteiger partial charge in [0.05, 0.1) is 13.2 Å². The number of fused-ring (bicyclic) bond motifs is 1. The molecule has 5 nitrogen and oxygen atoms in total. The highest BCUT2D eigenvalue weighted by Gasteiger charge is 2.20. The number of rotatable bonds is 5. The number of aryl methyl sites for hydroxylation is 1. The topological polar surface area (TPSA) is 70.0 Å². The average Bonchev–Trinajstić information content (AvgIpc) is 2.77. The summed E-state index contributed by atoms with van der Waals surface area (Å²) in [6.07, 6.45) is 2.24. The second-order valence-electron chi connectivity index (χ2n) is 4.04. The molecule has 0 saturated carbocycles. The van der Waals surface area contributed by atoms with Crippen LogP contribution in [0.2, 0.25) is 0 Å². The summed E-state index contributed by atoms with van der Waals surface area (Å²) in [7, 11) is 1.99. The fourth-order valence-electron chi connectivity index (χ4n) is 2.23. The molecule has 1 N–H and O–H groups in total. The minimum absolute atomic E-state index is 0.368. The molecule has 17 heavy (non-hydrogen) atoms. The maximum Gasteiger partial charge on any atom is 0.119 e. The van der Waals surface area contributed by atoms with Crippen LogP contribution in [0, 0.1) is 0 Å². The first-order chi connectivity index (χ1) is 8.35. The van der Waals surface area contributed by atoms with Crippen molar-refractivity contribution in [1.29, 1.82) is 0 Å². The van der Waals surface area contributed by atoms with Crippen molar-refractivity contribution < 1.29 is 4.74 Å². The number of hydrogen-bond donors (Lipinski definition) is 1. The Morgan fingerprint density at radius 2 is 2.47 bits per heavy atom. The summed E-state index contributed by atoms with van der Waals surface area (Å²) >= 11 is 0. The van der Waals surface area contributed by atoms with Crippen molar-refractivity contribution in [3.63, 3.8) is 0 Å². The summed E-state index contributed by atoms with van der Waals surface area (Å²) in [6.45, 7) is 0.797. The molecule has 5 heteroatoms. The van der Waals surface area contributed by atoms with Crippen LogP contribution < -0.4 is 10.1 Å². The van der Waals surface area contributed by atoms with Gasteiger partial charge in [-0.25, -0.2) is 0 Å². The summed E-state index contributed by atoms with van der Waals surface area (Å²) in [4.78, 5) is 2.68. The monoisotopic (exact) mass is 232 g/mol. The average molecular weight is 232 g/mol. The molecule has 0 fully saturated rings. The van der Waals surface area contributed by atoms with Crippen molar-refractivity contribution >= 4 is 0 Å². The third-order valence-corrected chi connectivity index (χ3v) is 3.06. The number of hydrogen-bond acceptors (Lipinski definition) is 3. The second-order valence-corrected chi connectivity index (χ2v) is 4.04. The molecule has 0 bridgehead atoms. The highest BCUT2D eigenvalue weighted by molar-refractivity contribution is 5.40. The van der Waals surface area contributed by atoms with Crippen molar-refractivity contribution in [3.05, 3.63) is 39.8 Å². The number of nitrogens with zero attached hydrogens (tertiary/aromatic N) is 3. The van der Waals surface area contributed by atoms with Crippen LogP contribution in [0.25, 0.3) is 10.4 Å². The number of nitrogens with one attached hydrogen (secondary N) is 1. The van der Waals surface area contributed by atoms with Crippen LogP contribution in [0.3, 0.4) is 0 Å². The van der Waals surface area contributed by atoms with Crippen LogP contribution in [0.1, 0.15) is 23.6 Å². The highest BCUT2D eigenvalue weighted by Crippen LogP contribution is 2.33. The summed E-state index contributed by atoms with van der Waals surface area (Å²) in [5.74, 6) is 0.855. The van der Waals surface area contributed by atoms with E-state index in [-0.39, 0.29) is 0 Å². The van der Waals surface area contributed by atoms with Gasteiger partial charge in [-0.3, -0.25) is 0 Å². The number of benzene rings is 1. The number of ether oxygens (including phenoxy) is 1. The first kappa shape index (κ1) is 11.8. The fraction of sp³-hybridized carbons (Fsp3) is 0.500. The summed E-state index contributed by atoms with van der Waals surface area (Å²) in [6, 6.07) is 6.65. The molecule has 0 heterocycles. The van der Waals surface area contributed by atoms with Gasteiger partial charge in [-0.2, -0.15) is 0 Å². The zero-order valence-corrected chi connectivity index (χ0v) is 9.89. The minimum atomic E-state index is 0.368. The molecular weight excluding hydrogens is 216 g/mol. The molecule has 0 amide bonds. The molecule has 1 atom stereocenters. The molecule has 1 aliphatic carbocycles. The molecule has 1 unspecified atom stereocenters. The maximum absolute atomic E-state index is 8.14. The Morgan fingerprint density at radius 3 is 3.24 bits per heavy atom.